The van der Waals surface area contributed by atoms with Crippen molar-refractivity contribution in [3.8, 4) is 0 Å². The molecule has 1 heterocycles. The summed E-state index contributed by atoms with van der Waals surface area (Å²) >= 11 is 9.11. The third-order valence-electron chi connectivity index (χ3n) is 3.00. The van der Waals surface area contributed by atoms with Gasteiger partial charge in [-0.15, -0.1) is 11.3 Å². The minimum atomic E-state index is 0.526. The zero-order valence-corrected chi connectivity index (χ0v) is 12.2. The highest BCUT2D eigenvalue weighted by atomic mass is 79.9. The number of alkyl halides is 1. The van der Waals surface area contributed by atoms with Gasteiger partial charge in [-0.1, -0.05) is 22.9 Å². The Hall–Kier alpha value is 0.660. The van der Waals surface area contributed by atoms with E-state index < -0.39 is 0 Å². The minimum absolute atomic E-state index is 0.526. The van der Waals surface area contributed by atoms with Crippen molar-refractivity contribution in [2.75, 3.05) is 0 Å². The molecule has 2 rings (SSSR count). The predicted molar refractivity (Wildman–Crippen MR) is 70.4 cm³/mol. The molecule has 0 nitrogen and oxygen atoms in total. The molecule has 2 atom stereocenters. The molecule has 1 aromatic heterocycles. The lowest BCUT2D eigenvalue weighted by Crippen LogP contribution is -2.14. The number of rotatable bonds is 2. The molecular formula is C11H14Br2S. The SMILES string of the molecule is CC1(Cc2cc(Br)cs2)CCC(Br)C1. The predicted octanol–water partition coefficient (Wildman–Crippen LogP) is 5.01. The molecule has 0 bridgehead atoms. The Morgan fingerprint density at radius 2 is 2.43 bits per heavy atom. The molecule has 14 heavy (non-hydrogen) atoms. The summed E-state index contributed by atoms with van der Waals surface area (Å²) in [4.78, 5) is 2.26. The standard InChI is InChI=1S/C11H14Br2S/c1-11(3-2-8(12)5-11)6-10-4-9(13)7-14-10/h4,7-8H,2-3,5-6H2,1H3. The van der Waals surface area contributed by atoms with Gasteiger partial charge in [0.05, 0.1) is 0 Å². The molecule has 0 saturated heterocycles. The van der Waals surface area contributed by atoms with Gasteiger partial charge in [0.25, 0.3) is 0 Å². The van der Waals surface area contributed by atoms with Crippen LogP contribution in [0.3, 0.4) is 0 Å². The Morgan fingerprint density at radius 3 is 2.93 bits per heavy atom. The van der Waals surface area contributed by atoms with Crippen LogP contribution in [0.15, 0.2) is 15.9 Å². The third kappa shape index (κ3) is 2.61. The van der Waals surface area contributed by atoms with Crippen LogP contribution in [0.4, 0.5) is 0 Å². The number of hydrogen-bond donors (Lipinski definition) is 0. The summed E-state index contributed by atoms with van der Waals surface area (Å²) in [5.41, 5.74) is 0.526. The van der Waals surface area contributed by atoms with E-state index in [9.17, 15) is 0 Å². The van der Waals surface area contributed by atoms with Gasteiger partial charge in [-0.3, -0.25) is 0 Å². The topological polar surface area (TPSA) is 0 Å². The molecule has 1 aliphatic carbocycles. The summed E-state index contributed by atoms with van der Waals surface area (Å²) in [7, 11) is 0. The quantitative estimate of drug-likeness (QED) is 0.665. The second kappa shape index (κ2) is 4.26. The van der Waals surface area contributed by atoms with Crippen molar-refractivity contribution in [2.45, 2.75) is 37.4 Å². The molecule has 0 spiro atoms. The Kier molecular flexibility index (Phi) is 3.40. The lowest BCUT2D eigenvalue weighted by molar-refractivity contribution is 0.338. The van der Waals surface area contributed by atoms with Crippen molar-refractivity contribution < 1.29 is 0 Å². The molecule has 3 heteroatoms. The number of thiophene rings is 1. The summed E-state index contributed by atoms with van der Waals surface area (Å²) in [6, 6.07) is 2.26. The van der Waals surface area contributed by atoms with E-state index in [0.717, 1.165) is 4.83 Å². The van der Waals surface area contributed by atoms with Crippen LogP contribution in [0, 0.1) is 5.41 Å². The molecule has 0 aromatic carbocycles. The average molecular weight is 338 g/mol. The van der Waals surface area contributed by atoms with Crippen LogP contribution in [0.25, 0.3) is 0 Å². The second-order valence-corrected chi connectivity index (χ2v) is 7.77. The highest BCUT2D eigenvalue weighted by molar-refractivity contribution is 9.10. The fourth-order valence-electron chi connectivity index (χ4n) is 2.27. The van der Waals surface area contributed by atoms with Gasteiger partial charge in [0.2, 0.25) is 0 Å². The van der Waals surface area contributed by atoms with Gasteiger partial charge in [0, 0.05) is 19.6 Å². The van der Waals surface area contributed by atoms with Crippen LogP contribution in [-0.2, 0) is 6.42 Å². The van der Waals surface area contributed by atoms with Crippen molar-refractivity contribution in [1.82, 2.24) is 0 Å². The maximum atomic E-state index is 3.73. The van der Waals surface area contributed by atoms with Crippen LogP contribution in [0.1, 0.15) is 31.1 Å². The Balaban J connectivity index is 2.03. The Morgan fingerprint density at radius 1 is 1.64 bits per heavy atom. The van der Waals surface area contributed by atoms with Crippen LogP contribution < -0.4 is 0 Å². The summed E-state index contributed by atoms with van der Waals surface area (Å²) in [5.74, 6) is 0. The highest BCUT2D eigenvalue weighted by Gasteiger charge is 2.34. The molecule has 0 radical (unpaired) electrons. The van der Waals surface area contributed by atoms with Crippen LogP contribution >= 0.6 is 43.2 Å². The zero-order valence-electron chi connectivity index (χ0n) is 8.22. The van der Waals surface area contributed by atoms with E-state index in [2.05, 4.69) is 50.2 Å². The van der Waals surface area contributed by atoms with E-state index in [4.69, 9.17) is 0 Å². The van der Waals surface area contributed by atoms with Crippen molar-refractivity contribution in [3.63, 3.8) is 0 Å². The molecule has 0 aliphatic heterocycles. The first kappa shape index (κ1) is 11.2. The second-order valence-electron chi connectivity index (χ2n) is 4.56. The monoisotopic (exact) mass is 336 g/mol. The molecule has 1 aromatic rings. The first-order valence-electron chi connectivity index (χ1n) is 4.94. The van der Waals surface area contributed by atoms with Gasteiger partial charge in [-0.25, -0.2) is 0 Å². The summed E-state index contributed by atoms with van der Waals surface area (Å²) in [5, 5.41) is 2.18. The smallest absolute Gasteiger partial charge is 0.0285 e. The first-order chi connectivity index (χ1) is 6.57. The number of hydrogen-bond acceptors (Lipinski definition) is 1. The van der Waals surface area contributed by atoms with Gasteiger partial charge >= 0.3 is 0 Å². The summed E-state index contributed by atoms with van der Waals surface area (Å²) in [6.07, 6.45) is 5.26. The average Bonchev–Trinajstić information content (AvgIpc) is 2.60. The largest absolute Gasteiger partial charge is 0.148 e. The molecular weight excluding hydrogens is 324 g/mol. The van der Waals surface area contributed by atoms with Crippen molar-refractivity contribution >= 4 is 43.2 Å². The first-order valence-corrected chi connectivity index (χ1v) is 7.53. The van der Waals surface area contributed by atoms with Gasteiger partial charge < -0.3 is 0 Å². The molecule has 1 saturated carbocycles. The van der Waals surface area contributed by atoms with E-state index >= 15 is 0 Å². The van der Waals surface area contributed by atoms with Crippen molar-refractivity contribution in [3.05, 3.63) is 20.8 Å². The van der Waals surface area contributed by atoms with Gasteiger partial charge in [0.15, 0.2) is 0 Å². The van der Waals surface area contributed by atoms with Gasteiger partial charge in [-0.05, 0) is 53.1 Å². The Labute approximate surface area is 106 Å². The van der Waals surface area contributed by atoms with Gasteiger partial charge in [0.1, 0.15) is 0 Å². The van der Waals surface area contributed by atoms with E-state index in [1.807, 2.05) is 11.3 Å². The molecule has 0 amide bonds. The minimum Gasteiger partial charge on any atom is -0.148 e. The molecule has 1 aliphatic rings. The van der Waals surface area contributed by atoms with Crippen molar-refractivity contribution in [2.24, 2.45) is 5.41 Å². The van der Waals surface area contributed by atoms with Crippen LogP contribution in [0.2, 0.25) is 0 Å². The van der Waals surface area contributed by atoms with E-state index in [1.54, 1.807) is 0 Å². The van der Waals surface area contributed by atoms with Gasteiger partial charge in [-0.2, -0.15) is 0 Å². The maximum absolute atomic E-state index is 3.73. The maximum Gasteiger partial charge on any atom is 0.0285 e. The molecule has 1 fully saturated rings. The van der Waals surface area contributed by atoms with E-state index in [1.165, 1.54) is 35.0 Å². The van der Waals surface area contributed by atoms with E-state index in [0.29, 0.717) is 5.41 Å². The van der Waals surface area contributed by atoms with Crippen molar-refractivity contribution in [1.29, 1.82) is 0 Å². The fourth-order valence-corrected chi connectivity index (χ4v) is 4.95. The third-order valence-corrected chi connectivity index (χ3v) is 5.48. The highest BCUT2D eigenvalue weighted by Crippen LogP contribution is 2.44. The molecule has 0 N–H and O–H groups in total. The van der Waals surface area contributed by atoms with E-state index in [-0.39, 0.29) is 0 Å². The lowest BCUT2D eigenvalue weighted by atomic mass is 9.85. The fraction of sp³-hybridized carbons (Fsp3) is 0.636. The van der Waals surface area contributed by atoms with Crippen LogP contribution in [0.5, 0.6) is 0 Å². The summed E-state index contributed by atoms with van der Waals surface area (Å²) < 4.78 is 1.23. The Bertz CT molecular complexity index is 321. The lowest BCUT2D eigenvalue weighted by Gasteiger charge is -2.22. The molecule has 2 unspecified atom stereocenters. The zero-order chi connectivity index (χ0) is 10.2. The molecule has 78 valence electrons. The normalized spacial score (nSPS) is 32.4. The van der Waals surface area contributed by atoms with Crippen LogP contribution in [-0.4, -0.2) is 4.83 Å². The number of halogens is 2. The summed E-state index contributed by atoms with van der Waals surface area (Å²) in [6.45, 7) is 2.42.